The maximum Gasteiger partial charge on any atom is 0.244 e. The lowest BCUT2D eigenvalue weighted by molar-refractivity contribution is -0.125. The molecule has 36 heavy (non-hydrogen) atoms. The van der Waals surface area contributed by atoms with Crippen molar-refractivity contribution in [3.63, 3.8) is 0 Å². The zero-order valence-corrected chi connectivity index (χ0v) is 21.1. The lowest BCUT2D eigenvalue weighted by Crippen LogP contribution is -2.62. The van der Waals surface area contributed by atoms with E-state index in [1.165, 1.54) is 11.1 Å². The van der Waals surface area contributed by atoms with E-state index in [0.29, 0.717) is 6.54 Å². The highest BCUT2D eigenvalue weighted by molar-refractivity contribution is 5.92. The summed E-state index contributed by atoms with van der Waals surface area (Å²) >= 11 is 0. The second-order valence-corrected chi connectivity index (χ2v) is 9.95. The van der Waals surface area contributed by atoms with Crippen LogP contribution in [0, 0.1) is 25.2 Å². The first-order chi connectivity index (χ1) is 17.4. The molecule has 2 unspecified atom stereocenters. The Morgan fingerprint density at radius 2 is 2.06 bits per heavy atom. The summed E-state index contributed by atoms with van der Waals surface area (Å²) < 4.78 is 0. The number of hydrogen-bond donors (Lipinski definition) is 3. The fourth-order valence-corrected chi connectivity index (χ4v) is 5.03. The van der Waals surface area contributed by atoms with Crippen LogP contribution in [0.15, 0.2) is 36.5 Å². The lowest BCUT2D eigenvalue weighted by Gasteiger charge is -2.42. The van der Waals surface area contributed by atoms with Gasteiger partial charge in [0, 0.05) is 43.5 Å². The summed E-state index contributed by atoms with van der Waals surface area (Å²) in [5.74, 6) is 4.11. The smallest absolute Gasteiger partial charge is 0.244 e. The number of amides is 1. The van der Waals surface area contributed by atoms with Crippen LogP contribution in [-0.2, 0) is 17.9 Å². The van der Waals surface area contributed by atoms with Crippen LogP contribution in [0.1, 0.15) is 36.5 Å². The minimum absolute atomic E-state index is 0.00692. The molecule has 2 atom stereocenters. The number of benzene rings is 1. The van der Waals surface area contributed by atoms with Gasteiger partial charge in [0.15, 0.2) is 0 Å². The first kappa shape index (κ1) is 24.0. The average Bonchev–Trinajstić information content (AvgIpc) is 3.20. The Bertz CT molecular complexity index is 1340. The average molecular weight is 484 g/mol. The Morgan fingerprint density at radius 3 is 2.86 bits per heavy atom. The molecular weight excluding hydrogens is 450 g/mol. The number of hydrogen-bond acceptors (Lipinski definition) is 6. The Hall–Kier alpha value is -3.67. The molecule has 3 aromatic rings. The fourth-order valence-electron chi connectivity index (χ4n) is 5.03. The maximum absolute atomic E-state index is 13.5. The Labute approximate surface area is 212 Å². The van der Waals surface area contributed by atoms with Crippen LogP contribution < -0.4 is 10.6 Å². The van der Waals surface area contributed by atoms with Gasteiger partial charge in [-0.15, -0.1) is 6.42 Å². The summed E-state index contributed by atoms with van der Waals surface area (Å²) in [5, 5.41) is 7.69. The van der Waals surface area contributed by atoms with Gasteiger partial charge < -0.3 is 15.6 Å². The highest BCUT2D eigenvalue weighted by Gasteiger charge is 2.33. The molecule has 0 spiro atoms. The summed E-state index contributed by atoms with van der Waals surface area (Å²) in [4.78, 5) is 31.2. The minimum Gasteiger partial charge on any atom is -0.361 e. The van der Waals surface area contributed by atoms with E-state index in [4.69, 9.17) is 16.4 Å². The van der Waals surface area contributed by atoms with Crippen molar-refractivity contribution in [3.8, 4) is 12.3 Å². The molecule has 3 N–H and O–H groups in total. The summed E-state index contributed by atoms with van der Waals surface area (Å²) in [7, 11) is 0. The van der Waals surface area contributed by atoms with E-state index >= 15 is 0 Å². The van der Waals surface area contributed by atoms with Crippen molar-refractivity contribution in [2.45, 2.75) is 46.1 Å². The Balaban J connectivity index is 1.41. The lowest BCUT2D eigenvalue weighted by atomic mass is 10.0. The van der Waals surface area contributed by atoms with Crippen LogP contribution in [0.25, 0.3) is 17.0 Å². The number of terminal acetylenes is 1. The van der Waals surface area contributed by atoms with Crippen LogP contribution in [0.3, 0.4) is 0 Å². The maximum atomic E-state index is 13.5. The minimum atomic E-state index is -0.399. The van der Waals surface area contributed by atoms with Gasteiger partial charge in [0.05, 0.1) is 18.2 Å². The quantitative estimate of drug-likeness (QED) is 0.494. The number of allylic oxidation sites excluding steroid dienone is 1. The van der Waals surface area contributed by atoms with E-state index in [-0.39, 0.29) is 18.0 Å². The van der Waals surface area contributed by atoms with E-state index in [0.717, 1.165) is 54.4 Å². The number of piperazine rings is 1. The van der Waals surface area contributed by atoms with Gasteiger partial charge in [-0.25, -0.2) is 9.97 Å². The van der Waals surface area contributed by atoms with Crippen molar-refractivity contribution in [1.29, 1.82) is 0 Å². The first-order valence-electron chi connectivity index (χ1n) is 12.5. The number of aromatic nitrogens is 3. The number of anilines is 1. The van der Waals surface area contributed by atoms with E-state index in [9.17, 15) is 4.79 Å². The number of rotatable bonds is 4. The topological polar surface area (TPSA) is 89.2 Å². The van der Waals surface area contributed by atoms with Crippen molar-refractivity contribution < 1.29 is 4.79 Å². The molecule has 4 heterocycles. The van der Waals surface area contributed by atoms with Gasteiger partial charge in [0.2, 0.25) is 5.91 Å². The van der Waals surface area contributed by atoms with Gasteiger partial charge in [0.25, 0.3) is 0 Å². The largest absolute Gasteiger partial charge is 0.361 e. The normalized spacial score (nSPS) is 21.2. The second-order valence-electron chi connectivity index (χ2n) is 9.95. The van der Waals surface area contributed by atoms with Crippen LogP contribution in [-0.4, -0.2) is 62.5 Å². The van der Waals surface area contributed by atoms with Crippen molar-refractivity contribution in [3.05, 3.63) is 59.2 Å². The zero-order chi connectivity index (χ0) is 25.2. The number of nitrogens with one attached hydrogen (secondary N) is 3. The monoisotopic (exact) mass is 483 g/mol. The molecule has 8 heteroatoms. The molecule has 186 valence electrons. The van der Waals surface area contributed by atoms with Gasteiger partial charge in [-0.1, -0.05) is 31.9 Å². The summed E-state index contributed by atoms with van der Waals surface area (Å²) in [6.45, 7) is 10.0. The number of aromatic amines is 1. The number of fused-ring (bicyclic) bond motifs is 5. The molecule has 0 aliphatic carbocycles. The predicted molar refractivity (Wildman–Crippen MR) is 143 cm³/mol. The highest BCUT2D eigenvalue weighted by atomic mass is 16.2. The van der Waals surface area contributed by atoms with E-state index in [1.807, 2.05) is 36.5 Å². The van der Waals surface area contributed by atoms with E-state index < -0.39 is 6.04 Å². The number of nitrogens with zero attached hydrogens (tertiary/aromatic N) is 4. The number of H-pyrrole nitrogens is 1. The van der Waals surface area contributed by atoms with Crippen LogP contribution in [0.2, 0.25) is 0 Å². The molecule has 1 fully saturated rings. The molecule has 0 saturated carbocycles. The first-order valence-corrected chi connectivity index (χ1v) is 12.5. The van der Waals surface area contributed by atoms with E-state index in [1.54, 1.807) is 6.08 Å². The molecule has 1 amide bonds. The molecule has 1 saturated heterocycles. The highest BCUT2D eigenvalue weighted by Crippen LogP contribution is 2.25. The standard InChI is InChI=1S/C28H33N7O/c1-5-6-10-22-19(4)20(14-29-22)15-34-12-13-35-16-24-30-23-11-8-7-9-21(23)27(31-24)33-26(18(2)3)28(36)32-25(35)17-34/h1,6-11,14,18,25-26,29H,12-13,15-17H2,2-4H3,(H,32,36)(H,30,31,33)/b10-6-. The predicted octanol–water partition coefficient (Wildman–Crippen LogP) is 3.12. The third kappa shape index (κ3) is 4.85. The van der Waals surface area contributed by atoms with Crippen molar-refractivity contribution >= 4 is 28.7 Å². The van der Waals surface area contributed by atoms with E-state index in [2.05, 4.69) is 52.1 Å². The van der Waals surface area contributed by atoms with Crippen LogP contribution in [0.5, 0.6) is 0 Å². The molecule has 2 aliphatic heterocycles. The molecular formula is C28H33N7O. The van der Waals surface area contributed by atoms with Crippen LogP contribution >= 0.6 is 0 Å². The molecule has 2 aliphatic rings. The zero-order valence-electron chi connectivity index (χ0n) is 21.1. The van der Waals surface area contributed by atoms with Crippen molar-refractivity contribution in [1.82, 2.24) is 30.1 Å². The van der Waals surface area contributed by atoms with Gasteiger partial charge in [-0.2, -0.15) is 0 Å². The Kier molecular flexibility index (Phi) is 6.77. The van der Waals surface area contributed by atoms with Crippen molar-refractivity contribution in [2.24, 2.45) is 5.92 Å². The second kappa shape index (κ2) is 10.1. The molecule has 2 bridgehead atoms. The molecule has 0 radical (unpaired) electrons. The Morgan fingerprint density at radius 1 is 1.22 bits per heavy atom. The summed E-state index contributed by atoms with van der Waals surface area (Å²) in [6, 6.07) is 7.57. The number of carbonyl (C=O) groups is 1. The van der Waals surface area contributed by atoms with Gasteiger partial charge in [-0.3, -0.25) is 14.6 Å². The molecule has 5 rings (SSSR count). The van der Waals surface area contributed by atoms with Crippen LogP contribution in [0.4, 0.5) is 5.82 Å². The van der Waals surface area contributed by atoms with Gasteiger partial charge >= 0.3 is 0 Å². The third-order valence-corrected chi connectivity index (χ3v) is 7.15. The molecule has 2 aromatic heterocycles. The summed E-state index contributed by atoms with van der Waals surface area (Å²) in [6.07, 6.45) is 10.9. The molecule has 1 aromatic carbocycles. The third-order valence-electron chi connectivity index (χ3n) is 7.15. The van der Waals surface area contributed by atoms with Gasteiger partial charge in [-0.05, 0) is 48.3 Å². The number of carbonyl (C=O) groups excluding carboxylic acids is 1. The molecule has 8 nitrogen and oxygen atoms in total. The van der Waals surface area contributed by atoms with Gasteiger partial charge in [0.1, 0.15) is 17.7 Å². The fraction of sp³-hybridized carbons (Fsp3) is 0.393. The summed E-state index contributed by atoms with van der Waals surface area (Å²) in [5.41, 5.74) is 4.35. The SMILES string of the molecule is C#C/C=C\c1[nH]cc(CN2CCN3Cc4nc(c5ccccc5n4)NC(C(C)C)C(=O)NC3C2)c1C. The van der Waals surface area contributed by atoms with Crippen molar-refractivity contribution in [2.75, 3.05) is 25.0 Å². The number of para-hydroxylation sites is 1.